The van der Waals surface area contributed by atoms with E-state index in [4.69, 9.17) is 0 Å². The highest BCUT2D eigenvalue weighted by Gasteiger charge is 2.39. The van der Waals surface area contributed by atoms with Crippen LogP contribution in [0.25, 0.3) is 0 Å². The maximum absolute atomic E-state index is 12.3. The molecule has 2 aromatic carbocycles. The van der Waals surface area contributed by atoms with Crippen LogP contribution in [-0.2, 0) is 12.0 Å². The van der Waals surface area contributed by atoms with Gasteiger partial charge in [-0.05, 0) is 24.0 Å². The molecule has 3 nitrogen and oxygen atoms in total. The van der Waals surface area contributed by atoms with E-state index >= 15 is 0 Å². The van der Waals surface area contributed by atoms with Gasteiger partial charge in [-0.25, -0.2) is 0 Å². The number of quaternary nitrogens is 1. The van der Waals surface area contributed by atoms with Crippen molar-refractivity contribution in [1.29, 1.82) is 0 Å². The Labute approximate surface area is 139 Å². The summed E-state index contributed by atoms with van der Waals surface area (Å²) in [6.07, 6.45) is 1.26. The number of benzene rings is 2. The second-order valence-electron chi connectivity index (χ2n) is 6.79. The average Bonchev–Trinajstić information content (AvgIpc) is 2.54. The second-order valence-corrected chi connectivity index (χ2v) is 6.79. The van der Waals surface area contributed by atoms with Gasteiger partial charge < -0.3 is 15.0 Å². The zero-order chi connectivity index (χ0) is 16.9. The predicted molar refractivity (Wildman–Crippen MR) is 94.6 cm³/mol. The summed E-state index contributed by atoms with van der Waals surface area (Å²) in [5.41, 5.74) is 1.03. The molecule has 0 bridgehead atoms. The van der Waals surface area contributed by atoms with Crippen LogP contribution in [0.1, 0.15) is 24.5 Å². The van der Waals surface area contributed by atoms with E-state index in [1.54, 1.807) is 14.1 Å². The molecular formula is C20H27NO2. The van der Waals surface area contributed by atoms with E-state index < -0.39 is 10.2 Å². The lowest BCUT2D eigenvalue weighted by molar-refractivity contribution is -0.845. The second kappa shape index (κ2) is 7.26. The molecule has 0 saturated carbocycles. The number of nitrogens with zero attached hydrogens (tertiary/aromatic N) is 1. The molecule has 0 unspecified atom stereocenters. The SMILES string of the molecule is CC[C@@](O)(c1ccccc1)[C@@H](Cc1ccccc1)C[N+](C)(C)[O-]. The number of hydrogen-bond donors (Lipinski definition) is 1. The highest BCUT2D eigenvalue weighted by atomic mass is 16.5. The van der Waals surface area contributed by atoms with E-state index in [1.165, 1.54) is 0 Å². The fourth-order valence-electron chi connectivity index (χ4n) is 3.27. The molecule has 3 heteroatoms. The van der Waals surface area contributed by atoms with Crippen LogP contribution in [-0.4, -0.2) is 30.4 Å². The van der Waals surface area contributed by atoms with Gasteiger partial charge in [0.2, 0.25) is 0 Å². The summed E-state index contributed by atoms with van der Waals surface area (Å²) in [5.74, 6) is -0.148. The predicted octanol–water partition coefficient (Wildman–Crippen LogP) is 3.72. The van der Waals surface area contributed by atoms with Crippen molar-refractivity contribution in [2.45, 2.75) is 25.4 Å². The first kappa shape index (κ1) is 17.7. The minimum atomic E-state index is -1.00. The van der Waals surface area contributed by atoms with Gasteiger partial charge in [-0.15, -0.1) is 0 Å². The lowest BCUT2D eigenvalue weighted by atomic mass is 9.76. The minimum absolute atomic E-state index is 0.148. The number of rotatable bonds is 7. The van der Waals surface area contributed by atoms with Crippen molar-refractivity contribution in [1.82, 2.24) is 0 Å². The summed E-state index contributed by atoms with van der Waals surface area (Å²) in [7, 11) is 3.28. The first-order valence-corrected chi connectivity index (χ1v) is 8.21. The van der Waals surface area contributed by atoms with Gasteiger partial charge in [0.05, 0.1) is 26.2 Å². The van der Waals surface area contributed by atoms with Crippen LogP contribution in [0.3, 0.4) is 0 Å². The quantitative estimate of drug-likeness (QED) is 0.625. The monoisotopic (exact) mass is 313 g/mol. The van der Waals surface area contributed by atoms with Gasteiger partial charge in [0.1, 0.15) is 0 Å². The first-order valence-electron chi connectivity index (χ1n) is 8.21. The fraction of sp³-hybridized carbons (Fsp3) is 0.400. The molecule has 0 radical (unpaired) electrons. The van der Waals surface area contributed by atoms with Crippen LogP contribution < -0.4 is 0 Å². The summed E-state index contributed by atoms with van der Waals surface area (Å²) in [5, 5.41) is 23.8. The third kappa shape index (κ3) is 4.64. The maximum atomic E-state index is 12.3. The Bertz CT molecular complexity index is 592. The van der Waals surface area contributed by atoms with E-state index in [1.807, 2.05) is 55.5 Å². The molecule has 0 heterocycles. The molecule has 0 saturated heterocycles. The van der Waals surface area contributed by atoms with Crippen molar-refractivity contribution in [3.8, 4) is 0 Å². The summed E-state index contributed by atoms with van der Waals surface area (Å²) in [4.78, 5) is 0. The van der Waals surface area contributed by atoms with Gasteiger partial charge in [0, 0.05) is 5.92 Å². The lowest BCUT2D eigenvalue weighted by Gasteiger charge is -2.43. The molecule has 0 amide bonds. The fourth-order valence-corrected chi connectivity index (χ4v) is 3.27. The molecule has 23 heavy (non-hydrogen) atoms. The Balaban J connectivity index is 2.38. The van der Waals surface area contributed by atoms with Crippen molar-refractivity contribution in [2.24, 2.45) is 5.92 Å². The topological polar surface area (TPSA) is 43.3 Å². The summed E-state index contributed by atoms with van der Waals surface area (Å²) < 4.78 is -0.410. The Hall–Kier alpha value is -1.68. The molecule has 0 aliphatic heterocycles. The molecule has 2 rings (SSSR count). The van der Waals surface area contributed by atoms with Crippen LogP contribution >= 0.6 is 0 Å². The van der Waals surface area contributed by atoms with E-state index in [0.717, 1.165) is 11.1 Å². The molecule has 1 N–H and O–H groups in total. The Kier molecular flexibility index (Phi) is 5.58. The van der Waals surface area contributed by atoms with E-state index in [2.05, 4.69) is 12.1 Å². The van der Waals surface area contributed by atoms with E-state index in [-0.39, 0.29) is 5.92 Å². The number of hydrogen-bond acceptors (Lipinski definition) is 2. The molecule has 0 aliphatic carbocycles. The number of aliphatic hydroxyl groups is 1. The average molecular weight is 313 g/mol. The standard InChI is InChI=1S/C20H27NO2/c1-4-20(22,18-13-9-6-10-14-18)19(16-21(2,3)23)15-17-11-7-5-8-12-17/h5-14,19,22H,4,15-16H2,1-3H3/t19-,20+/m0/s1. The van der Waals surface area contributed by atoms with Crippen molar-refractivity contribution in [3.05, 3.63) is 77.0 Å². The van der Waals surface area contributed by atoms with Gasteiger partial charge in [0.15, 0.2) is 0 Å². The zero-order valence-electron chi connectivity index (χ0n) is 14.3. The Morgan fingerprint density at radius 1 is 1.00 bits per heavy atom. The Morgan fingerprint density at radius 3 is 2.00 bits per heavy atom. The van der Waals surface area contributed by atoms with Crippen LogP contribution in [0, 0.1) is 11.1 Å². The summed E-state index contributed by atoms with van der Waals surface area (Å²) >= 11 is 0. The third-order valence-electron chi connectivity index (χ3n) is 4.47. The van der Waals surface area contributed by atoms with Crippen molar-refractivity contribution in [3.63, 3.8) is 0 Å². The molecule has 0 spiro atoms. The van der Waals surface area contributed by atoms with E-state index in [9.17, 15) is 10.3 Å². The van der Waals surface area contributed by atoms with Crippen molar-refractivity contribution < 1.29 is 9.75 Å². The van der Waals surface area contributed by atoms with Crippen LogP contribution in [0.2, 0.25) is 0 Å². The maximum Gasteiger partial charge on any atom is 0.0978 e. The van der Waals surface area contributed by atoms with Crippen molar-refractivity contribution in [2.75, 3.05) is 20.6 Å². The van der Waals surface area contributed by atoms with Crippen LogP contribution in [0.4, 0.5) is 0 Å². The highest BCUT2D eigenvalue weighted by molar-refractivity contribution is 5.25. The third-order valence-corrected chi connectivity index (χ3v) is 4.47. The smallest absolute Gasteiger partial charge is 0.0978 e. The minimum Gasteiger partial charge on any atom is -0.633 e. The summed E-state index contributed by atoms with van der Waals surface area (Å²) in [6.45, 7) is 2.35. The summed E-state index contributed by atoms with van der Waals surface area (Å²) in [6, 6.07) is 19.8. The van der Waals surface area contributed by atoms with Crippen LogP contribution in [0.5, 0.6) is 0 Å². The Morgan fingerprint density at radius 2 is 1.52 bits per heavy atom. The van der Waals surface area contributed by atoms with E-state index in [0.29, 0.717) is 19.4 Å². The van der Waals surface area contributed by atoms with Gasteiger partial charge in [-0.1, -0.05) is 67.6 Å². The zero-order valence-corrected chi connectivity index (χ0v) is 14.3. The number of hydroxylamine groups is 3. The van der Waals surface area contributed by atoms with Crippen molar-refractivity contribution >= 4 is 0 Å². The molecule has 0 fully saturated rings. The molecule has 124 valence electrons. The van der Waals surface area contributed by atoms with Gasteiger partial charge in [-0.3, -0.25) is 0 Å². The first-order chi connectivity index (χ1) is 10.8. The lowest BCUT2D eigenvalue weighted by Crippen LogP contribution is -2.47. The highest BCUT2D eigenvalue weighted by Crippen LogP contribution is 2.36. The molecule has 0 aromatic heterocycles. The van der Waals surface area contributed by atoms with Crippen LogP contribution in [0.15, 0.2) is 60.7 Å². The van der Waals surface area contributed by atoms with Gasteiger partial charge in [-0.2, -0.15) is 0 Å². The molecule has 0 aliphatic rings. The molecule has 2 aromatic rings. The molecular weight excluding hydrogens is 286 g/mol. The van der Waals surface area contributed by atoms with Gasteiger partial charge in [0.25, 0.3) is 0 Å². The normalized spacial score (nSPS) is 15.9. The molecule has 2 atom stereocenters. The largest absolute Gasteiger partial charge is 0.633 e. The van der Waals surface area contributed by atoms with Gasteiger partial charge >= 0.3 is 0 Å².